The number of rotatable bonds is 8. The van der Waals surface area contributed by atoms with E-state index < -0.39 is 0 Å². The fourth-order valence-electron chi connectivity index (χ4n) is 3.15. The molecule has 1 aliphatic carbocycles. The minimum atomic E-state index is 0.689. The number of hydrogen-bond acceptors (Lipinski definition) is 4. The molecule has 26 heavy (non-hydrogen) atoms. The standard InChI is InChI=1S/C22H28O2S2/c1-17-3-11-21(12-4-17)25-23-15-19-7-9-20(10-8-19)16-24-26-22-13-5-18(2)6-14-22/h3-6,11-14,19-20H,7-10,15-16H2,1-2H3. The topological polar surface area (TPSA) is 18.5 Å². The minimum Gasteiger partial charge on any atom is -0.310 e. The molecular weight excluding hydrogens is 360 g/mol. The second-order valence-electron chi connectivity index (χ2n) is 7.25. The molecule has 4 heteroatoms. The van der Waals surface area contributed by atoms with E-state index in [2.05, 4.69) is 62.4 Å². The van der Waals surface area contributed by atoms with Crippen molar-refractivity contribution >= 4 is 24.1 Å². The van der Waals surface area contributed by atoms with E-state index in [1.165, 1.54) is 70.7 Å². The maximum atomic E-state index is 5.86. The second kappa shape index (κ2) is 10.4. The van der Waals surface area contributed by atoms with Crippen molar-refractivity contribution in [3.63, 3.8) is 0 Å². The monoisotopic (exact) mass is 388 g/mol. The molecule has 0 bridgehead atoms. The van der Waals surface area contributed by atoms with Gasteiger partial charge in [-0.05, 0) is 75.6 Å². The van der Waals surface area contributed by atoms with E-state index in [1.54, 1.807) is 0 Å². The van der Waals surface area contributed by atoms with Crippen LogP contribution in [-0.4, -0.2) is 13.2 Å². The SMILES string of the molecule is Cc1ccc(SOCC2CCC(COSc3ccc(C)cc3)CC2)cc1. The molecule has 140 valence electrons. The predicted octanol–water partition coefficient (Wildman–Crippen LogP) is 6.86. The van der Waals surface area contributed by atoms with Gasteiger partial charge in [0.1, 0.15) is 0 Å². The molecule has 0 N–H and O–H groups in total. The lowest BCUT2D eigenvalue weighted by Gasteiger charge is -2.27. The average Bonchev–Trinajstić information content (AvgIpc) is 2.66. The molecular formula is C22H28O2S2. The third-order valence-electron chi connectivity index (χ3n) is 4.93. The minimum absolute atomic E-state index is 0.689. The normalized spacial score (nSPS) is 20.2. The van der Waals surface area contributed by atoms with Crippen LogP contribution in [0.1, 0.15) is 36.8 Å². The second-order valence-corrected chi connectivity index (χ2v) is 9.00. The van der Waals surface area contributed by atoms with Crippen LogP contribution >= 0.6 is 24.1 Å². The Morgan fingerprint density at radius 3 is 1.35 bits per heavy atom. The van der Waals surface area contributed by atoms with Crippen molar-refractivity contribution in [3.8, 4) is 0 Å². The third-order valence-corrected chi connectivity index (χ3v) is 6.36. The van der Waals surface area contributed by atoms with E-state index in [0.717, 1.165) is 13.2 Å². The highest BCUT2D eigenvalue weighted by Crippen LogP contribution is 2.32. The number of hydrogen-bond donors (Lipinski definition) is 0. The van der Waals surface area contributed by atoms with Crippen LogP contribution in [0.4, 0.5) is 0 Å². The number of benzene rings is 2. The van der Waals surface area contributed by atoms with Gasteiger partial charge in [-0.25, -0.2) is 0 Å². The van der Waals surface area contributed by atoms with Gasteiger partial charge in [-0.3, -0.25) is 0 Å². The van der Waals surface area contributed by atoms with Crippen molar-refractivity contribution in [1.29, 1.82) is 0 Å². The van der Waals surface area contributed by atoms with Gasteiger partial charge in [0.15, 0.2) is 0 Å². The largest absolute Gasteiger partial charge is 0.310 e. The quantitative estimate of drug-likeness (QED) is 0.460. The van der Waals surface area contributed by atoms with E-state index >= 15 is 0 Å². The Bertz CT molecular complexity index is 587. The van der Waals surface area contributed by atoms with Crippen LogP contribution in [0, 0.1) is 25.7 Å². The molecule has 0 saturated heterocycles. The molecule has 0 radical (unpaired) electrons. The molecule has 0 spiro atoms. The van der Waals surface area contributed by atoms with E-state index in [1.807, 2.05) is 0 Å². The van der Waals surface area contributed by atoms with Crippen LogP contribution in [0.5, 0.6) is 0 Å². The summed E-state index contributed by atoms with van der Waals surface area (Å²) in [7, 11) is 0. The molecule has 2 nitrogen and oxygen atoms in total. The van der Waals surface area contributed by atoms with Crippen molar-refractivity contribution in [2.24, 2.45) is 11.8 Å². The zero-order valence-corrected chi connectivity index (χ0v) is 17.3. The van der Waals surface area contributed by atoms with Crippen molar-refractivity contribution in [3.05, 3.63) is 59.7 Å². The first-order valence-corrected chi connectivity index (χ1v) is 10.9. The summed E-state index contributed by atoms with van der Waals surface area (Å²) < 4.78 is 11.7. The average molecular weight is 389 g/mol. The van der Waals surface area contributed by atoms with Gasteiger partial charge < -0.3 is 8.37 Å². The summed E-state index contributed by atoms with van der Waals surface area (Å²) in [6.07, 6.45) is 4.99. The molecule has 1 saturated carbocycles. The lowest BCUT2D eigenvalue weighted by atomic mass is 9.83. The maximum absolute atomic E-state index is 5.86. The molecule has 2 aromatic carbocycles. The Morgan fingerprint density at radius 1 is 0.654 bits per heavy atom. The van der Waals surface area contributed by atoms with Gasteiger partial charge in [-0.1, -0.05) is 35.4 Å². The van der Waals surface area contributed by atoms with Gasteiger partial charge in [0.25, 0.3) is 0 Å². The highest BCUT2D eigenvalue weighted by atomic mass is 32.2. The first kappa shape index (κ1) is 19.8. The van der Waals surface area contributed by atoms with Gasteiger partial charge in [-0.15, -0.1) is 0 Å². The fraction of sp³-hybridized carbons (Fsp3) is 0.455. The van der Waals surface area contributed by atoms with Crippen molar-refractivity contribution < 1.29 is 8.37 Å². The van der Waals surface area contributed by atoms with Crippen LogP contribution in [-0.2, 0) is 8.37 Å². The van der Waals surface area contributed by atoms with Crippen molar-refractivity contribution in [1.82, 2.24) is 0 Å². The molecule has 0 heterocycles. The van der Waals surface area contributed by atoms with E-state index in [9.17, 15) is 0 Å². The molecule has 0 amide bonds. The molecule has 0 unspecified atom stereocenters. The first-order valence-electron chi connectivity index (χ1n) is 9.41. The van der Waals surface area contributed by atoms with Gasteiger partial charge in [0, 0.05) is 33.9 Å². The van der Waals surface area contributed by atoms with Gasteiger partial charge >= 0.3 is 0 Å². The van der Waals surface area contributed by atoms with Gasteiger partial charge in [-0.2, -0.15) is 0 Å². The Balaban J connectivity index is 1.27. The smallest absolute Gasteiger partial charge is 0.0646 e. The lowest BCUT2D eigenvalue weighted by molar-refractivity contribution is 0.167. The van der Waals surface area contributed by atoms with Crippen LogP contribution in [0.15, 0.2) is 58.3 Å². The summed E-state index contributed by atoms with van der Waals surface area (Å²) in [5, 5.41) is 0. The lowest BCUT2D eigenvalue weighted by Crippen LogP contribution is -2.20. The summed E-state index contributed by atoms with van der Waals surface area (Å²) >= 11 is 3.02. The van der Waals surface area contributed by atoms with Crippen molar-refractivity contribution in [2.75, 3.05) is 13.2 Å². The molecule has 2 aromatic rings. The van der Waals surface area contributed by atoms with Crippen LogP contribution in [0.3, 0.4) is 0 Å². The maximum Gasteiger partial charge on any atom is 0.0646 e. The Kier molecular flexibility index (Phi) is 7.93. The number of aryl methyl sites for hydroxylation is 2. The third kappa shape index (κ3) is 6.66. The summed E-state index contributed by atoms with van der Waals surface area (Å²) in [6.45, 7) is 5.92. The van der Waals surface area contributed by atoms with Gasteiger partial charge in [0.2, 0.25) is 0 Å². The fourth-order valence-corrected chi connectivity index (χ4v) is 4.44. The molecule has 1 fully saturated rings. The first-order chi connectivity index (χ1) is 12.7. The highest BCUT2D eigenvalue weighted by Gasteiger charge is 2.22. The Morgan fingerprint density at radius 2 is 1.00 bits per heavy atom. The Labute approximate surface area is 166 Å². The molecule has 0 atom stereocenters. The van der Waals surface area contributed by atoms with E-state index in [-0.39, 0.29) is 0 Å². The van der Waals surface area contributed by atoms with E-state index in [4.69, 9.17) is 8.37 Å². The highest BCUT2D eigenvalue weighted by molar-refractivity contribution is 7.94. The molecule has 3 rings (SSSR count). The van der Waals surface area contributed by atoms with Crippen LogP contribution in [0.25, 0.3) is 0 Å². The summed E-state index contributed by atoms with van der Waals surface area (Å²) in [4.78, 5) is 2.37. The van der Waals surface area contributed by atoms with Gasteiger partial charge in [0.05, 0.1) is 13.2 Å². The predicted molar refractivity (Wildman–Crippen MR) is 111 cm³/mol. The molecule has 1 aliphatic rings. The molecule has 0 aromatic heterocycles. The zero-order chi connectivity index (χ0) is 18.2. The molecule has 0 aliphatic heterocycles. The van der Waals surface area contributed by atoms with E-state index in [0.29, 0.717) is 11.8 Å². The zero-order valence-electron chi connectivity index (χ0n) is 15.6. The van der Waals surface area contributed by atoms with Crippen LogP contribution < -0.4 is 0 Å². The summed E-state index contributed by atoms with van der Waals surface area (Å²) in [5.74, 6) is 1.38. The van der Waals surface area contributed by atoms with Crippen molar-refractivity contribution in [2.45, 2.75) is 49.3 Å². The van der Waals surface area contributed by atoms with Crippen LogP contribution in [0.2, 0.25) is 0 Å². The Hall–Kier alpha value is -0.940. The summed E-state index contributed by atoms with van der Waals surface area (Å²) in [6, 6.07) is 17.0. The summed E-state index contributed by atoms with van der Waals surface area (Å²) in [5.41, 5.74) is 2.57.